The Morgan fingerprint density at radius 3 is 2.43 bits per heavy atom. The predicted molar refractivity (Wildman–Crippen MR) is 127 cm³/mol. The second-order valence-electron chi connectivity index (χ2n) is 7.40. The van der Waals surface area contributed by atoms with E-state index in [2.05, 4.69) is 31.3 Å². The summed E-state index contributed by atoms with van der Waals surface area (Å²) in [5.74, 6) is -1.58. The number of fused-ring (bicyclic) bond motifs is 1. The molecule has 4 rings (SSSR count). The van der Waals surface area contributed by atoms with E-state index >= 15 is 0 Å². The van der Waals surface area contributed by atoms with E-state index in [1.165, 1.54) is 13.0 Å². The van der Waals surface area contributed by atoms with Crippen LogP contribution in [0.4, 0.5) is 23.2 Å². The Hall–Kier alpha value is -3.32. The van der Waals surface area contributed by atoms with Crippen LogP contribution in [-0.4, -0.2) is 26.6 Å². The lowest BCUT2D eigenvalue weighted by Gasteiger charge is -2.11. The number of alkyl halides is 4. The van der Waals surface area contributed by atoms with Gasteiger partial charge >= 0.3 is 0 Å². The monoisotopic (exact) mass is 569 g/mol. The smallest absolute Gasteiger partial charge is 0.283 e. The molecule has 35 heavy (non-hydrogen) atoms. The van der Waals surface area contributed by atoms with Gasteiger partial charge in [-0.05, 0) is 40.0 Å². The van der Waals surface area contributed by atoms with Crippen LogP contribution in [0.5, 0.6) is 0 Å². The SMILES string of the molecule is Cc1c(Br)c(C(F)F)nn1CC(=O)Nc1c(C(N)=O)sc2nc(C(F)F)cc(-c3ccccc3)c12. The molecule has 0 fully saturated rings. The number of nitrogens with two attached hydrogens (primary N) is 1. The minimum atomic E-state index is -2.87. The van der Waals surface area contributed by atoms with E-state index in [1.807, 2.05) is 0 Å². The molecule has 0 unspecified atom stereocenters. The summed E-state index contributed by atoms with van der Waals surface area (Å²) in [5.41, 5.74) is 5.69. The van der Waals surface area contributed by atoms with Gasteiger partial charge in [-0.2, -0.15) is 5.10 Å². The average Bonchev–Trinajstić information content (AvgIpc) is 3.32. The highest BCUT2D eigenvalue weighted by Crippen LogP contribution is 2.42. The Morgan fingerprint density at radius 1 is 1.17 bits per heavy atom. The van der Waals surface area contributed by atoms with Crippen LogP contribution in [-0.2, 0) is 11.3 Å². The summed E-state index contributed by atoms with van der Waals surface area (Å²) in [6.07, 6.45) is -5.72. The van der Waals surface area contributed by atoms with Gasteiger partial charge in [0, 0.05) is 5.39 Å². The van der Waals surface area contributed by atoms with Crippen LogP contribution in [0.2, 0.25) is 0 Å². The highest BCUT2D eigenvalue weighted by molar-refractivity contribution is 9.10. The minimum Gasteiger partial charge on any atom is -0.365 e. The molecule has 182 valence electrons. The number of carbonyl (C=O) groups excluding carboxylic acids is 2. The number of amides is 2. The molecule has 3 aromatic heterocycles. The van der Waals surface area contributed by atoms with Gasteiger partial charge < -0.3 is 11.1 Å². The number of thiophene rings is 1. The van der Waals surface area contributed by atoms with Crippen LogP contribution in [0.3, 0.4) is 0 Å². The first-order valence-corrected chi connectivity index (χ1v) is 11.6. The summed E-state index contributed by atoms with van der Waals surface area (Å²) in [6.45, 7) is 1.06. The molecule has 2 amide bonds. The van der Waals surface area contributed by atoms with Gasteiger partial charge in [-0.1, -0.05) is 30.3 Å². The largest absolute Gasteiger partial charge is 0.365 e. The van der Waals surface area contributed by atoms with E-state index in [9.17, 15) is 27.2 Å². The summed E-state index contributed by atoms with van der Waals surface area (Å²) >= 11 is 3.82. The number of aromatic nitrogens is 3. The van der Waals surface area contributed by atoms with Gasteiger partial charge in [0.25, 0.3) is 18.8 Å². The maximum Gasteiger partial charge on any atom is 0.283 e. The first kappa shape index (κ1) is 24.8. The molecule has 0 saturated carbocycles. The van der Waals surface area contributed by atoms with Gasteiger partial charge in [0.15, 0.2) is 0 Å². The highest BCUT2D eigenvalue weighted by atomic mass is 79.9. The molecule has 0 aliphatic rings. The van der Waals surface area contributed by atoms with Crippen molar-refractivity contribution in [2.45, 2.75) is 26.3 Å². The number of hydrogen-bond acceptors (Lipinski definition) is 5. The van der Waals surface area contributed by atoms with Gasteiger partial charge in [-0.15, -0.1) is 11.3 Å². The van der Waals surface area contributed by atoms with Crippen LogP contribution < -0.4 is 11.1 Å². The first-order valence-electron chi connectivity index (χ1n) is 10.00. The van der Waals surface area contributed by atoms with Crippen molar-refractivity contribution in [2.75, 3.05) is 5.32 Å². The molecule has 13 heteroatoms. The number of nitrogens with one attached hydrogen (secondary N) is 1. The number of carbonyl (C=O) groups is 2. The van der Waals surface area contributed by atoms with Gasteiger partial charge in [0.05, 0.1) is 15.9 Å². The van der Waals surface area contributed by atoms with Crippen molar-refractivity contribution in [3.05, 3.63) is 62.8 Å². The fraction of sp³-hybridized carbons (Fsp3) is 0.182. The summed E-state index contributed by atoms with van der Waals surface area (Å²) in [4.78, 5) is 29.0. The van der Waals surface area contributed by atoms with Gasteiger partial charge in [-0.3, -0.25) is 14.3 Å². The van der Waals surface area contributed by atoms with Crippen molar-refractivity contribution < 1.29 is 27.2 Å². The van der Waals surface area contributed by atoms with Gasteiger partial charge in [-0.25, -0.2) is 22.5 Å². The topological polar surface area (TPSA) is 103 Å². The molecule has 0 aliphatic heterocycles. The third-order valence-electron chi connectivity index (χ3n) is 5.14. The molecular weight excluding hydrogens is 554 g/mol. The van der Waals surface area contributed by atoms with E-state index in [0.29, 0.717) is 16.8 Å². The number of rotatable bonds is 7. The zero-order valence-corrected chi connectivity index (χ0v) is 20.3. The Balaban J connectivity index is 1.82. The number of nitrogens with zero attached hydrogens (tertiary/aromatic N) is 3. The van der Waals surface area contributed by atoms with E-state index in [1.54, 1.807) is 30.3 Å². The molecule has 0 saturated heterocycles. The molecule has 0 atom stereocenters. The van der Waals surface area contributed by atoms with Crippen LogP contribution in [0.1, 0.15) is 39.6 Å². The second kappa shape index (κ2) is 9.74. The number of hydrogen-bond donors (Lipinski definition) is 2. The van der Waals surface area contributed by atoms with Crippen molar-refractivity contribution in [2.24, 2.45) is 5.73 Å². The number of benzene rings is 1. The lowest BCUT2D eigenvalue weighted by atomic mass is 10.0. The zero-order chi connectivity index (χ0) is 25.4. The van der Waals surface area contributed by atoms with Gasteiger partial charge in [0.2, 0.25) is 5.91 Å². The number of primary amides is 1. The van der Waals surface area contributed by atoms with E-state index in [-0.39, 0.29) is 25.3 Å². The van der Waals surface area contributed by atoms with Crippen LogP contribution in [0, 0.1) is 6.92 Å². The average molecular weight is 570 g/mol. The third kappa shape index (κ3) is 4.78. The lowest BCUT2D eigenvalue weighted by Crippen LogP contribution is -2.22. The van der Waals surface area contributed by atoms with E-state index in [0.717, 1.165) is 16.0 Å². The second-order valence-corrected chi connectivity index (χ2v) is 9.20. The highest BCUT2D eigenvalue weighted by Gasteiger charge is 2.26. The standard InChI is InChI=1S/C22H16BrF4N5O2S/c1-9-15(23)17(20(26)27)31-32(9)8-13(33)30-16-14-11(10-5-3-2-4-6-10)7-12(19(24)25)29-22(14)35-18(16)21(28)34/h2-7,19-20H,8H2,1H3,(H2,28,34)(H,30,33). The van der Waals surface area contributed by atoms with E-state index < -0.39 is 42.6 Å². The predicted octanol–water partition coefficient (Wildman–Crippen LogP) is 5.84. The molecule has 7 nitrogen and oxygen atoms in total. The molecule has 0 aliphatic carbocycles. The summed E-state index contributed by atoms with van der Waals surface area (Å²) in [7, 11) is 0. The molecule has 3 N–H and O–H groups in total. The number of anilines is 1. The van der Waals surface area contributed by atoms with Crippen molar-refractivity contribution in [3.8, 4) is 11.1 Å². The van der Waals surface area contributed by atoms with Crippen LogP contribution in [0.15, 0.2) is 40.9 Å². The summed E-state index contributed by atoms with van der Waals surface area (Å²) in [5, 5.41) is 6.62. The molecule has 1 aromatic carbocycles. The molecule has 0 radical (unpaired) electrons. The molecule has 3 heterocycles. The van der Waals surface area contributed by atoms with Crippen molar-refractivity contribution >= 4 is 55.0 Å². The van der Waals surface area contributed by atoms with Gasteiger partial charge in [0.1, 0.15) is 27.6 Å². The number of pyridine rings is 1. The van der Waals surface area contributed by atoms with Crippen LogP contribution >= 0.6 is 27.3 Å². The Labute approximate surface area is 208 Å². The Kier molecular flexibility index (Phi) is 6.90. The fourth-order valence-electron chi connectivity index (χ4n) is 3.52. The van der Waals surface area contributed by atoms with Crippen molar-refractivity contribution in [1.82, 2.24) is 14.8 Å². The fourth-order valence-corrected chi connectivity index (χ4v) is 4.99. The molecule has 0 spiro atoms. The maximum absolute atomic E-state index is 13.6. The molecular formula is C22H16BrF4N5O2S. The normalized spacial score (nSPS) is 11.5. The zero-order valence-electron chi connectivity index (χ0n) is 17.9. The lowest BCUT2D eigenvalue weighted by molar-refractivity contribution is -0.116. The van der Waals surface area contributed by atoms with Crippen molar-refractivity contribution in [1.29, 1.82) is 0 Å². The number of halogens is 5. The van der Waals surface area contributed by atoms with Crippen LogP contribution in [0.25, 0.3) is 21.3 Å². The molecule has 0 bridgehead atoms. The van der Waals surface area contributed by atoms with Crippen molar-refractivity contribution in [3.63, 3.8) is 0 Å². The summed E-state index contributed by atoms with van der Waals surface area (Å²) in [6, 6.07) is 9.74. The maximum atomic E-state index is 13.6. The Morgan fingerprint density at radius 2 is 1.86 bits per heavy atom. The Bertz CT molecular complexity index is 1440. The minimum absolute atomic E-state index is 0.00706. The quantitative estimate of drug-likeness (QED) is 0.273. The van der Waals surface area contributed by atoms with E-state index in [4.69, 9.17) is 5.73 Å². The third-order valence-corrected chi connectivity index (χ3v) is 7.21. The summed E-state index contributed by atoms with van der Waals surface area (Å²) < 4.78 is 54.6. The first-order chi connectivity index (χ1) is 16.6. The molecule has 4 aromatic rings.